The minimum absolute atomic E-state index is 0.293. The number of carboxylic acids is 1. The highest BCUT2D eigenvalue weighted by Gasteiger charge is 2.22. The zero-order valence-corrected chi connectivity index (χ0v) is 11.1. The Bertz CT molecular complexity index is 428. The molecular formula is C13H21N3O2. The summed E-state index contributed by atoms with van der Waals surface area (Å²) in [6.45, 7) is 4.80. The summed E-state index contributed by atoms with van der Waals surface area (Å²) in [6.07, 6.45) is 2.42. The molecule has 18 heavy (non-hydrogen) atoms. The summed E-state index contributed by atoms with van der Waals surface area (Å²) in [6, 6.07) is 2.10. The van der Waals surface area contributed by atoms with E-state index in [0.717, 1.165) is 38.2 Å². The number of aryl methyl sites for hydroxylation is 2. The number of aromatic nitrogens is 2. The van der Waals surface area contributed by atoms with Crippen LogP contribution in [0.25, 0.3) is 0 Å². The van der Waals surface area contributed by atoms with Crippen LogP contribution >= 0.6 is 0 Å². The van der Waals surface area contributed by atoms with Gasteiger partial charge in [0.05, 0.1) is 11.4 Å². The van der Waals surface area contributed by atoms with Crippen LogP contribution in [0.3, 0.4) is 0 Å². The van der Waals surface area contributed by atoms with E-state index in [1.54, 1.807) is 0 Å². The van der Waals surface area contributed by atoms with E-state index in [1.165, 1.54) is 5.69 Å². The number of hydrogen-bond acceptors (Lipinski definition) is 3. The summed E-state index contributed by atoms with van der Waals surface area (Å²) in [5.41, 5.74) is 2.23. The first kappa shape index (κ1) is 13.1. The molecule has 0 radical (unpaired) electrons. The fourth-order valence-corrected chi connectivity index (χ4v) is 2.75. The molecule has 1 aromatic rings. The maximum atomic E-state index is 10.8. The molecule has 1 aliphatic heterocycles. The molecule has 0 spiro atoms. The van der Waals surface area contributed by atoms with Gasteiger partial charge in [-0.3, -0.25) is 14.4 Å². The van der Waals surface area contributed by atoms with Crippen molar-refractivity contribution in [1.29, 1.82) is 0 Å². The Labute approximate surface area is 107 Å². The molecule has 1 saturated heterocycles. The van der Waals surface area contributed by atoms with Crippen LogP contribution < -0.4 is 0 Å². The summed E-state index contributed by atoms with van der Waals surface area (Å²) in [5.74, 6) is -0.385. The zero-order chi connectivity index (χ0) is 13.1. The van der Waals surface area contributed by atoms with Gasteiger partial charge in [-0.15, -0.1) is 0 Å². The van der Waals surface area contributed by atoms with Crippen LogP contribution in [-0.2, 0) is 18.4 Å². The van der Waals surface area contributed by atoms with Crippen LogP contribution in [-0.4, -0.2) is 38.8 Å². The van der Waals surface area contributed by atoms with Crippen LogP contribution in [0, 0.1) is 12.8 Å². The monoisotopic (exact) mass is 251 g/mol. The van der Waals surface area contributed by atoms with Gasteiger partial charge in [0.2, 0.25) is 0 Å². The average molecular weight is 251 g/mol. The molecule has 1 atom stereocenters. The van der Waals surface area contributed by atoms with Crippen molar-refractivity contribution in [2.45, 2.75) is 32.7 Å². The molecule has 0 aliphatic carbocycles. The van der Waals surface area contributed by atoms with Crippen molar-refractivity contribution in [1.82, 2.24) is 14.7 Å². The molecule has 2 rings (SSSR count). The molecule has 5 heteroatoms. The highest BCUT2D eigenvalue weighted by atomic mass is 16.4. The highest BCUT2D eigenvalue weighted by molar-refractivity contribution is 5.67. The first-order valence-electron chi connectivity index (χ1n) is 6.48. The molecule has 0 bridgehead atoms. The second-order valence-electron chi connectivity index (χ2n) is 5.24. The lowest BCUT2D eigenvalue weighted by Crippen LogP contribution is -2.36. The van der Waals surface area contributed by atoms with Crippen LogP contribution in [0.2, 0.25) is 0 Å². The van der Waals surface area contributed by atoms with Crippen LogP contribution in [0.4, 0.5) is 0 Å². The summed E-state index contributed by atoms with van der Waals surface area (Å²) in [5, 5.41) is 13.2. The minimum atomic E-state index is -0.682. The fraction of sp³-hybridized carbons (Fsp3) is 0.692. The summed E-state index contributed by atoms with van der Waals surface area (Å²) in [7, 11) is 1.96. The molecule has 0 aromatic carbocycles. The summed E-state index contributed by atoms with van der Waals surface area (Å²) >= 11 is 0. The maximum Gasteiger partial charge on any atom is 0.303 e. The highest BCUT2D eigenvalue weighted by Crippen LogP contribution is 2.21. The molecule has 100 valence electrons. The quantitative estimate of drug-likeness (QED) is 0.879. The van der Waals surface area contributed by atoms with Gasteiger partial charge >= 0.3 is 5.97 Å². The standard InChI is InChI=1S/C13H21N3O2/c1-10-6-12(15(2)14-10)9-16-5-3-4-11(8-16)7-13(17)18/h6,11H,3-5,7-9H2,1-2H3,(H,17,18). The van der Waals surface area contributed by atoms with Crippen LogP contribution in [0.5, 0.6) is 0 Å². The number of rotatable bonds is 4. The van der Waals surface area contributed by atoms with Gasteiger partial charge < -0.3 is 5.11 Å². The largest absolute Gasteiger partial charge is 0.481 e. The number of aliphatic carboxylic acids is 1. The Morgan fingerprint density at radius 1 is 1.61 bits per heavy atom. The van der Waals surface area contributed by atoms with Gasteiger partial charge in [0.15, 0.2) is 0 Å². The zero-order valence-electron chi connectivity index (χ0n) is 11.1. The van der Waals surface area contributed by atoms with Crippen molar-refractivity contribution in [3.8, 4) is 0 Å². The minimum Gasteiger partial charge on any atom is -0.481 e. The van der Waals surface area contributed by atoms with Gasteiger partial charge in [0, 0.05) is 26.6 Å². The third-order valence-corrected chi connectivity index (χ3v) is 3.55. The molecule has 1 aromatic heterocycles. The molecule has 1 N–H and O–H groups in total. The Hall–Kier alpha value is -1.36. The second kappa shape index (κ2) is 5.52. The topological polar surface area (TPSA) is 58.4 Å². The van der Waals surface area contributed by atoms with Crippen molar-refractivity contribution in [2.75, 3.05) is 13.1 Å². The van der Waals surface area contributed by atoms with Crippen molar-refractivity contribution in [2.24, 2.45) is 13.0 Å². The van der Waals surface area contributed by atoms with E-state index in [-0.39, 0.29) is 0 Å². The summed E-state index contributed by atoms with van der Waals surface area (Å²) in [4.78, 5) is 13.1. The van der Waals surface area contributed by atoms with Crippen molar-refractivity contribution in [3.05, 3.63) is 17.5 Å². The van der Waals surface area contributed by atoms with Gasteiger partial charge in [-0.25, -0.2) is 0 Å². The Balaban J connectivity index is 1.93. The lowest BCUT2D eigenvalue weighted by atomic mass is 9.95. The number of hydrogen-bond donors (Lipinski definition) is 1. The van der Waals surface area contributed by atoms with Gasteiger partial charge in [-0.05, 0) is 38.3 Å². The van der Waals surface area contributed by atoms with E-state index >= 15 is 0 Å². The number of nitrogens with zero attached hydrogens (tertiary/aromatic N) is 3. The molecular weight excluding hydrogens is 230 g/mol. The van der Waals surface area contributed by atoms with E-state index in [9.17, 15) is 4.79 Å². The van der Waals surface area contributed by atoms with E-state index in [4.69, 9.17) is 5.11 Å². The SMILES string of the molecule is Cc1cc(CN2CCCC(CC(=O)O)C2)n(C)n1. The number of piperidine rings is 1. The van der Waals surface area contributed by atoms with E-state index in [1.807, 2.05) is 18.7 Å². The van der Waals surface area contributed by atoms with Gasteiger partial charge in [0.25, 0.3) is 0 Å². The Kier molecular flexibility index (Phi) is 4.01. The van der Waals surface area contributed by atoms with Crippen molar-refractivity contribution >= 4 is 5.97 Å². The molecule has 1 unspecified atom stereocenters. The molecule has 1 aliphatic rings. The van der Waals surface area contributed by atoms with Gasteiger partial charge in [-0.2, -0.15) is 5.10 Å². The molecule has 2 heterocycles. The fourth-order valence-electron chi connectivity index (χ4n) is 2.75. The number of carboxylic acid groups (broad SMARTS) is 1. The lowest BCUT2D eigenvalue weighted by molar-refractivity contribution is -0.138. The average Bonchev–Trinajstić information content (AvgIpc) is 2.57. The van der Waals surface area contributed by atoms with Crippen LogP contribution in [0.15, 0.2) is 6.07 Å². The molecule has 0 saturated carbocycles. The van der Waals surface area contributed by atoms with Gasteiger partial charge in [0.1, 0.15) is 0 Å². The molecule has 5 nitrogen and oxygen atoms in total. The number of likely N-dealkylation sites (tertiary alicyclic amines) is 1. The first-order valence-corrected chi connectivity index (χ1v) is 6.48. The second-order valence-corrected chi connectivity index (χ2v) is 5.24. The van der Waals surface area contributed by atoms with Gasteiger partial charge in [-0.1, -0.05) is 0 Å². The van der Waals surface area contributed by atoms with E-state index in [2.05, 4.69) is 16.1 Å². The summed E-state index contributed by atoms with van der Waals surface area (Å²) < 4.78 is 1.91. The third kappa shape index (κ3) is 3.32. The normalized spacial score (nSPS) is 21.1. The van der Waals surface area contributed by atoms with Crippen LogP contribution in [0.1, 0.15) is 30.7 Å². The van der Waals surface area contributed by atoms with Crippen molar-refractivity contribution in [3.63, 3.8) is 0 Å². The molecule has 1 fully saturated rings. The first-order chi connectivity index (χ1) is 8.54. The van der Waals surface area contributed by atoms with E-state index < -0.39 is 5.97 Å². The smallest absolute Gasteiger partial charge is 0.303 e. The predicted octanol–water partition coefficient (Wildman–Crippen LogP) is 1.42. The molecule has 0 amide bonds. The lowest BCUT2D eigenvalue weighted by Gasteiger charge is -2.31. The van der Waals surface area contributed by atoms with Crippen molar-refractivity contribution < 1.29 is 9.90 Å². The number of carbonyl (C=O) groups is 1. The Morgan fingerprint density at radius 3 is 3.00 bits per heavy atom. The maximum absolute atomic E-state index is 10.8. The Morgan fingerprint density at radius 2 is 2.39 bits per heavy atom. The predicted molar refractivity (Wildman–Crippen MR) is 68.2 cm³/mol. The third-order valence-electron chi connectivity index (χ3n) is 3.55. The van der Waals surface area contributed by atoms with E-state index in [0.29, 0.717) is 12.3 Å².